The third-order valence-corrected chi connectivity index (χ3v) is 38.4. The fourth-order valence-electron chi connectivity index (χ4n) is 16.4. The van der Waals surface area contributed by atoms with Crippen molar-refractivity contribution in [2.24, 2.45) is 28.0 Å². The molecule has 0 aliphatic heterocycles. The highest BCUT2D eigenvalue weighted by Gasteiger charge is 2.35. The maximum atomic E-state index is 8.12. The van der Waals surface area contributed by atoms with Crippen molar-refractivity contribution in [1.29, 1.82) is 0 Å². The highest BCUT2D eigenvalue weighted by molar-refractivity contribution is 14.1. The molecule has 4 aromatic rings. The van der Waals surface area contributed by atoms with Crippen LogP contribution < -0.4 is 27.8 Å². The van der Waals surface area contributed by atoms with Crippen molar-refractivity contribution in [2.75, 3.05) is 0 Å². The molecule has 2 heterocycles. The number of unbranched alkanes of at least 4 members (excludes halogenated alkanes) is 15. The van der Waals surface area contributed by atoms with Gasteiger partial charge in [0.1, 0.15) is 0 Å². The number of hydrogen-bond acceptors (Lipinski definition) is 12. The molecule has 21 heteroatoms. The van der Waals surface area contributed by atoms with Gasteiger partial charge in [0.05, 0.1) is 11.1 Å². The average molecular weight is 2220 g/mol. The molecular formula is C107H207I3N8O4Si6. The third-order valence-electron chi connectivity index (χ3n) is 24.3. The third kappa shape index (κ3) is 80.8. The van der Waals surface area contributed by atoms with Gasteiger partial charge in [0.15, 0.2) is 0 Å². The summed E-state index contributed by atoms with van der Waals surface area (Å²) in [5.74, 6) is 0. The van der Waals surface area contributed by atoms with E-state index in [9.17, 15) is 0 Å². The van der Waals surface area contributed by atoms with E-state index in [1.165, 1.54) is 297 Å². The Morgan fingerprint density at radius 3 is 0.961 bits per heavy atom. The Morgan fingerprint density at radius 2 is 0.617 bits per heavy atom. The molecule has 128 heavy (non-hydrogen) atoms. The first-order chi connectivity index (χ1) is 59.7. The molecule has 5 unspecified atom stereocenters. The van der Waals surface area contributed by atoms with Crippen LogP contribution in [0.4, 0.5) is 0 Å². The lowest BCUT2D eigenvalue weighted by molar-refractivity contribution is -0.193. The fraction of sp³-hybridized carbons (Fsp3) is 0.776. The van der Waals surface area contributed by atoms with Gasteiger partial charge in [-0.25, -0.2) is 3.53 Å². The lowest BCUT2D eigenvalue weighted by atomic mass is 9.80. The zero-order chi connectivity index (χ0) is 98.4. The number of aromatic nitrogens is 2. The summed E-state index contributed by atoms with van der Waals surface area (Å²) in [5.41, 5.74) is 25.6. The summed E-state index contributed by atoms with van der Waals surface area (Å²) in [6.45, 7) is 67.5. The predicted octanol–water partition coefficient (Wildman–Crippen LogP) is 34.5. The Bertz CT molecular complexity index is 3140. The largest absolute Gasteiger partial charge is 0.373 e. The minimum Gasteiger partial charge on any atom is -0.328 e. The maximum absolute atomic E-state index is 8.12. The summed E-state index contributed by atoms with van der Waals surface area (Å²) in [6, 6.07) is 39.3. The number of carbonyl (C=O) groups excluding carboxylic acids is 4. The van der Waals surface area contributed by atoms with Crippen molar-refractivity contribution in [1.82, 2.24) is 20.6 Å². The number of rotatable bonds is 60. The van der Waals surface area contributed by atoms with Crippen LogP contribution in [0.3, 0.4) is 0 Å². The van der Waals surface area contributed by atoms with Gasteiger partial charge in [-0.3, -0.25) is 17.0 Å². The quantitative estimate of drug-likeness (QED) is 0.0106. The molecule has 4 rings (SSSR count). The van der Waals surface area contributed by atoms with Gasteiger partial charge < -0.3 is 17.2 Å². The van der Waals surface area contributed by atoms with E-state index in [1.807, 2.05) is 36.8 Å². The molecule has 0 saturated carbocycles. The molecule has 0 amide bonds. The molecule has 0 aliphatic carbocycles. The van der Waals surface area contributed by atoms with Gasteiger partial charge in [-0.2, -0.15) is 19.2 Å². The summed E-state index contributed by atoms with van der Waals surface area (Å²) in [7, 11) is -5.26. The van der Waals surface area contributed by atoms with Crippen LogP contribution in [-0.4, -0.2) is 93.9 Å². The Kier molecular flexibility index (Phi) is 78.7. The number of nitrogens with one attached hydrogen (secondary N) is 3. The fourth-order valence-corrected chi connectivity index (χ4v) is 26.5. The van der Waals surface area contributed by atoms with E-state index in [4.69, 9.17) is 36.4 Å². The van der Waals surface area contributed by atoms with E-state index in [1.54, 1.807) is 6.20 Å². The predicted molar refractivity (Wildman–Crippen MR) is 610 cm³/mol. The van der Waals surface area contributed by atoms with Crippen LogP contribution in [-0.2, 0) is 30.3 Å². The first-order valence-corrected chi connectivity index (χ1v) is 76.5. The van der Waals surface area contributed by atoms with E-state index < -0.39 is 54.0 Å². The molecule has 9 N–H and O–H groups in total. The first kappa shape index (κ1) is 133. The van der Waals surface area contributed by atoms with Gasteiger partial charge in [0, 0.05) is 165 Å². The highest BCUT2D eigenvalue weighted by Crippen LogP contribution is 2.38. The summed E-state index contributed by atoms with van der Waals surface area (Å²) in [6.07, 6.45) is 62.2. The monoisotopic (exact) mass is 2220 g/mol. The Labute approximate surface area is 842 Å². The molecule has 0 aliphatic rings. The smallest absolute Gasteiger partial charge is 0.328 e. The second-order valence-electron chi connectivity index (χ2n) is 47.4. The standard InChI is InChI=1S/C19H27IN2Si.C19H28N2Si.C19H43NSi.C18H40INSi.C15H34INSi.C15H35NSi.2CO2/c1-23(2,3)15-8-7-13-19(22-20,17-10-5-4-6-11-17)18-12-9-14-21-16-18;1-22(2,3)15-8-7-13-19(20,17-10-5-4-6-11-17)18-12-9-14-21-16-18;1-6-8-10-12-16-19(20,15-11-9-7-2)17-13-14-18-21(3,4)5;1-6-8-10-14-18(20-19,15-11-9-7-2)16-12-13-17-21(3,4)5;1-15(2,3)12-9-11-14(17-16)10-7-8-13-18(4,5)6;1-15(2,3)12-9-11-14(16)10-7-8-13-17(4,5)6;2*2-1-3/h4-6,9-12,14,16,22H,7-8,13,15H2,1-3H3;4-6,9-12,14,16H,7-8,13,15,20H2,1-3H3;6-18,20H2,1-5H3;20H,6-17H2,1-5H3;14,17H,7-13H2,1-6H3;14H,7-13,16H2,1-6H3;;. The van der Waals surface area contributed by atoms with Gasteiger partial charge in [-0.1, -0.05) is 470 Å². The Hall–Kier alpha value is -1.25. The summed E-state index contributed by atoms with van der Waals surface area (Å²) >= 11 is 7.08. The number of nitrogens with two attached hydrogens (primary N) is 3. The lowest BCUT2D eigenvalue weighted by Gasteiger charge is -2.34. The van der Waals surface area contributed by atoms with Gasteiger partial charge in [0.25, 0.3) is 0 Å². The number of benzene rings is 2. The van der Waals surface area contributed by atoms with Crippen molar-refractivity contribution in [3.8, 4) is 0 Å². The zero-order valence-corrected chi connectivity index (χ0v) is 101. The molecule has 2 aromatic heterocycles. The first-order valence-electron chi connectivity index (χ1n) is 51.0. The minimum atomic E-state index is -0.965. The van der Waals surface area contributed by atoms with Crippen LogP contribution in [0.5, 0.6) is 0 Å². The van der Waals surface area contributed by atoms with E-state index in [-0.39, 0.29) is 23.4 Å². The number of nitrogens with zero attached hydrogens (tertiary/aromatic N) is 2. The van der Waals surface area contributed by atoms with E-state index in [0.717, 1.165) is 30.9 Å². The van der Waals surface area contributed by atoms with Crippen molar-refractivity contribution in [3.63, 3.8) is 0 Å². The van der Waals surface area contributed by atoms with Crippen LogP contribution in [0.15, 0.2) is 110 Å². The summed E-state index contributed by atoms with van der Waals surface area (Å²) in [4.78, 5) is 41.1. The zero-order valence-electron chi connectivity index (χ0n) is 88.7. The second kappa shape index (κ2) is 75.7. The summed E-state index contributed by atoms with van der Waals surface area (Å²) in [5, 5.41) is 0. The lowest BCUT2D eigenvalue weighted by Crippen LogP contribution is -2.39. The second-order valence-corrected chi connectivity index (χ2v) is 82.9. The van der Waals surface area contributed by atoms with E-state index >= 15 is 0 Å². The van der Waals surface area contributed by atoms with E-state index in [0.29, 0.717) is 22.4 Å². The van der Waals surface area contributed by atoms with Gasteiger partial charge >= 0.3 is 12.3 Å². The molecular weight excluding hydrogens is 2010 g/mol. The normalized spacial score (nSPS) is 13.9. The van der Waals surface area contributed by atoms with Gasteiger partial charge in [-0.15, -0.1) is 0 Å². The number of pyridine rings is 2. The molecule has 2 aromatic carbocycles. The van der Waals surface area contributed by atoms with Crippen LogP contribution >= 0.6 is 68.6 Å². The van der Waals surface area contributed by atoms with Crippen molar-refractivity contribution in [2.45, 2.75) is 521 Å². The Balaban J connectivity index is -0.000000713. The minimum absolute atomic E-state index is 0.141. The van der Waals surface area contributed by atoms with Crippen LogP contribution in [0.2, 0.25) is 154 Å². The van der Waals surface area contributed by atoms with E-state index in [2.05, 4.69) is 343 Å². The summed E-state index contributed by atoms with van der Waals surface area (Å²) < 4.78 is 10.8. The molecule has 12 nitrogen and oxygen atoms in total. The van der Waals surface area contributed by atoms with Crippen molar-refractivity contribution >= 4 is 129 Å². The molecule has 0 bridgehead atoms. The van der Waals surface area contributed by atoms with Crippen molar-refractivity contribution < 1.29 is 19.2 Å². The maximum Gasteiger partial charge on any atom is 0.373 e. The molecule has 0 saturated heterocycles. The van der Waals surface area contributed by atoms with Crippen LogP contribution in [0.1, 0.15) is 355 Å². The topological polar surface area (TPSA) is 208 Å². The average Bonchev–Trinajstić information content (AvgIpc) is 1.15. The molecule has 0 fully saturated rings. The van der Waals surface area contributed by atoms with Crippen LogP contribution in [0.25, 0.3) is 0 Å². The molecule has 0 spiro atoms. The SMILES string of the molecule is CC(C)(C)CCCC(CCCC[Si](C)(C)C)NI.CC(C)(C)CCCC(N)CCCC[Si](C)(C)C.CCCCCC(CCCCC)(CCCC[Si](C)(C)C)NI.CCCCCCC(N)(CCCCC)CCCC[Si](C)(C)C.C[Si](C)(C)CCCCC(N)(c1ccccc1)c1cccnc1.C[Si](C)(C)CCCCC(NI)(c1ccccc1)c1cccnc1.O=C=O.O=C=O. The number of hydrogen-bond donors (Lipinski definition) is 6. The highest BCUT2D eigenvalue weighted by atomic mass is 127. The number of halogens is 3. The molecule has 0 radical (unpaired) electrons. The van der Waals surface area contributed by atoms with Crippen molar-refractivity contribution in [3.05, 3.63) is 132 Å². The van der Waals surface area contributed by atoms with Gasteiger partial charge in [0.2, 0.25) is 0 Å². The van der Waals surface area contributed by atoms with Gasteiger partial charge in [-0.05, 0) is 135 Å². The Morgan fingerprint density at radius 1 is 0.328 bits per heavy atom. The van der Waals surface area contributed by atoms with Crippen LogP contribution in [0, 0.1) is 10.8 Å². The molecule has 5 atom stereocenters. The molecule has 744 valence electrons.